The molecule has 0 aromatic carbocycles. The van der Waals surface area contributed by atoms with Gasteiger partial charge in [-0.2, -0.15) is 0 Å². The number of aryl methyl sites for hydroxylation is 1. The van der Waals surface area contributed by atoms with E-state index in [2.05, 4.69) is 36.1 Å². The van der Waals surface area contributed by atoms with Crippen LogP contribution in [0.2, 0.25) is 0 Å². The number of carbonyl (C=O) groups excluding carboxylic acids is 1. The topological polar surface area (TPSA) is 67.8 Å². The Labute approximate surface area is 198 Å². The number of likely N-dealkylation sites (tertiary alicyclic amines) is 1. The average Bonchev–Trinajstić information content (AvgIpc) is 3.22. The Hall–Kier alpha value is -2.25. The molecule has 1 saturated heterocycles. The summed E-state index contributed by atoms with van der Waals surface area (Å²) < 4.78 is 11.5. The molecule has 2 aromatic heterocycles. The predicted octanol–water partition coefficient (Wildman–Crippen LogP) is 4.47. The fraction of sp³-hybridized carbons (Fsp3) is 0.654. The molecule has 2 aromatic rings. The number of aromatic nitrogens is 2. The number of amides is 1. The number of rotatable bonds is 10. The molecule has 3 rings (SSSR count). The lowest BCUT2D eigenvalue weighted by Crippen LogP contribution is -2.36. The summed E-state index contributed by atoms with van der Waals surface area (Å²) in [6.07, 6.45) is 7.72. The summed E-state index contributed by atoms with van der Waals surface area (Å²) >= 11 is 0. The molecule has 0 aliphatic carbocycles. The lowest BCUT2D eigenvalue weighted by Gasteiger charge is -2.24. The van der Waals surface area contributed by atoms with Gasteiger partial charge in [0.05, 0.1) is 12.6 Å². The minimum Gasteiger partial charge on any atom is -0.444 e. The number of hydrogen-bond acceptors (Lipinski definition) is 6. The smallest absolute Gasteiger partial charge is 0.410 e. The van der Waals surface area contributed by atoms with Crippen molar-refractivity contribution in [3.8, 4) is 0 Å². The molecule has 7 nitrogen and oxygen atoms in total. The van der Waals surface area contributed by atoms with Crippen LogP contribution in [0.3, 0.4) is 0 Å². The van der Waals surface area contributed by atoms with Crippen molar-refractivity contribution in [1.82, 2.24) is 19.8 Å². The average molecular weight is 457 g/mol. The Morgan fingerprint density at radius 1 is 1.21 bits per heavy atom. The maximum atomic E-state index is 12.2. The minimum atomic E-state index is -0.459. The summed E-state index contributed by atoms with van der Waals surface area (Å²) in [6.45, 7) is 8.75. The summed E-state index contributed by atoms with van der Waals surface area (Å²) in [5, 5.41) is 1.16. The van der Waals surface area contributed by atoms with Crippen molar-refractivity contribution in [3.05, 3.63) is 35.7 Å². The third-order valence-electron chi connectivity index (χ3n) is 5.78. The van der Waals surface area contributed by atoms with Crippen molar-refractivity contribution in [1.29, 1.82) is 0 Å². The van der Waals surface area contributed by atoms with Crippen LogP contribution in [0.1, 0.15) is 57.7 Å². The van der Waals surface area contributed by atoms with Gasteiger partial charge in [-0.25, -0.2) is 14.8 Å². The van der Waals surface area contributed by atoms with Gasteiger partial charge in [0, 0.05) is 37.0 Å². The van der Waals surface area contributed by atoms with Crippen LogP contribution < -0.4 is 0 Å². The Kier molecular flexibility index (Phi) is 9.03. The third-order valence-corrected chi connectivity index (χ3v) is 5.78. The molecule has 1 fully saturated rings. The lowest BCUT2D eigenvalue weighted by atomic mass is 10.0. The Balaban J connectivity index is 1.39. The van der Waals surface area contributed by atoms with Crippen LogP contribution in [0.4, 0.5) is 4.79 Å². The molecule has 7 heteroatoms. The largest absolute Gasteiger partial charge is 0.444 e. The van der Waals surface area contributed by atoms with Gasteiger partial charge in [0.15, 0.2) is 5.65 Å². The standard InChI is InChI=1S/C26H40N4O3/c1-26(2,3)33-25(31)30-16-13-22(19-30)32-17-8-6-7-10-21-18-20(12-15-29(4)5)23-11-9-14-27-24(23)28-21/h9,11,14,18,22H,6-8,10,12-13,15-17,19H2,1-5H3/t22-/m1/s1. The molecule has 0 spiro atoms. The van der Waals surface area contributed by atoms with Crippen LogP contribution in [-0.4, -0.2) is 77.9 Å². The maximum absolute atomic E-state index is 12.2. The molecular weight excluding hydrogens is 416 g/mol. The number of carbonyl (C=O) groups is 1. The molecule has 0 radical (unpaired) electrons. The quantitative estimate of drug-likeness (QED) is 0.491. The van der Waals surface area contributed by atoms with E-state index in [1.54, 1.807) is 4.90 Å². The van der Waals surface area contributed by atoms with Crippen LogP contribution in [-0.2, 0) is 22.3 Å². The van der Waals surface area contributed by atoms with Gasteiger partial charge >= 0.3 is 6.09 Å². The summed E-state index contributed by atoms with van der Waals surface area (Å²) in [6, 6.07) is 6.36. The summed E-state index contributed by atoms with van der Waals surface area (Å²) in [4.78, 5) is 25.4. The number of pyridine rings is 2. The zero-order valence-corrected chi connectivity index (χ0v) is 21.0. The number of hydrogen-bond donors (Lipinski definition) is 0. The van der Waals surface area contributed by atoms with Gasteiger partial charge in [-0.05, 0) is 90.7 Å². The number of unbranched alkanes of at least 4 members (excludes halogenated alkanes) is 2. The van der Waals surface area contributed by atoms with Gasteiger partial charge in [-0.3, -0.25) is 0 Å². The number of nitrogens with zero attached hydrogens (tertiary/aromatic N) is 4. The zero-order chi connectivity index (χ0) is 23.8. The van der Waals surface area contributed by atoms with Crippen LogP contribution in [0.5, 0.6) is 0 Å². The summed E-state index contributed by atoms with van der Waals surface area (Å²) in [5.41, 5.74) is 2.84. The molecular formula is C26H40N4O3. The number of fused-ring (bicyclic) bond motifs is 1. The van der Waals surface area contributed by atoms with E-state index in [0.717, 1.165) is 68.4 Å². The van der Waals surface area contributed by atoms with Crippen molar-refractivity contribution in [3.63, 3.8) is 0 Å². The molecule has 0 unspecified atom stereocenters. The Morgan fingerprint density at radius 3 is 2.79 bits per heavy atom. The number of likely N-dealkylation sites (N-methyl/N-ethyl adjacent to an activating group) is 1. The van der Waals surface area contributed by atoms with Crippen LogP contribution >= 0.6 is 0 Å². The van der Waals surface area contributed by atoms with Gasteiger partial charge in [0.2, 0.25) is 0 Å². The SMILES string of the molecule is CN(C)CCc1cc(CCCCCO[C@@H]2CCN(C(=O)OC(C)(C)C)C2)nc2ncccc12. The first-order chi connectivity index (χ1) is 15.7. The van der Waals surface area contributed by atoms with Crippen molar-refractivity contribution in [2.75, 3.05) is 40.3 Å². The number of ether oxygens (including phenoxy) is 2. The molecule has 1 aliphatic rings. The van der Waals surface area contributed by atoms with E-state index < -0.39 is 5.60 Å². The van der Waals surface area contributed by atoms with Crippen LogP contribution in [0.25, 0.3) is 11.0 Å². The normalized spacial score (nSPS) is 16.7. The van der Waals surface area contributed by atoms with Gasteiger partial charge in [0.1, 0.15) is 5.60 Å². The Morgan fingerprint density at radius 2 is 2.03 bits per heavy atom. The highest BCUT2D eigenvalue weighted by atomic mass is 16.6. The molecule has 33 heavy (non-hydrogen) atoms. The van der Waals surface area contributed by atoms with Gasteiger partial charge < -0.3 is 19.3 Å². The van der Waals surface area contributed by atoms with Crippen molar-refractivity contribution in [2.24, 2.45) is 0 Å². The fourth-order valence-electron chi connectivity index (χ4n) is 4.05. The van der Waals surface area contributed by atoms with Crippen LogP contribution in [0, 0.1) is 0 Å². The maximum Gasteiger partial charge on any atom is 0.410 e. The van der Waals surface area contributed by atoms with Gasteiger partial charge in [-0.15, -0.1) is 0 Å². The molecule has 1 atom stereocenters. The monoisotopic (exact) mass is 456 g/mol. The second-order valence-electron chi connectivity index (χ2n) is 10.2. The minimum absolute atomic E-state index is 0.116. The second kappa shape index (κ2) is 11.7. The molecule has 1 amide bonds. The van der Waals surface area contributed by atoms with Crippen molar-refractivity contribution >= 4 is 17.1 Å². The van der Waals surface area contributed by atoms with E-state index in [1.165, 1.54) is 5.56 Å². The first-order valence-corrected chi connectivity index (χ1v) is 12.2. The Bertz CT molecular complexity index is 910. The van der Waals surface area contributed by atoms with Gasteiger partial charge in [0.25, 0.3) is 0 Å². The lowest BCUT2D eigenvalue weighted by molar-refractivity contribution is 0.0206. The zero-order valence-electron chi connectivity index (χ0n) is 21.0. The molecule has 3 heterocycles. The first-order valence-electron chi connectivity index (χ1n) is 12.2. The van der Waals surface area contributed by atoms with E-state index in [9.17, 15) is 4.79 Å². The highest BCUT2D eigenvalue weighted by molar-refractivity contribution is 5.78. The fourth-order valence-corrected chi connectivity index (χ4v) is 4.05. The highest BCUT2D eigenvalue weighted by Gasteiger charge is 2.30. The molecule has 0 bridgehead atoms. The van der Waals surface area contributed by atoms with E-state index in [-0.39, 0.29) is 12.2 Å². The summed E-state index contributed by atoms with van der Waals surface area (Å²) in [7, 11) is 4.20. The molecule has 0 saturated carbocycles. The van der Waals surface area contributed by atoms with Crippen molar-refractivity contribution < 1.29 is 14.3 Å². The molecule has 182 valence electrons. The third kappa shape index (κ3) is 8.23. The second-order valence-corrected chi connectivity index (χ2v) is 10.2. The molecule has 0 N–H and O–H groups in total. The highest BCUT2D eigenvalue weighted by Crippen LogP contribution is 2.20. The van der Waals surface area contributed by atoms with E-state index in [1.807, 2.05) is 33.0 Å². The predicted molar refractivity (Wildman–Crippen MR) is 132 cm³/mol. The van der Waals surface area contributed by atoms with E-state index in [0.29, 0.717) is 13.1 Å². The first kappa shape index (κ1) is 25.4. The van der Waals surface area contributed by atoms with E-state index >= 15 is 0 Å². The molecule has 1 aliphatic heterocycles. The van der Waals surface area contributed by atoms with E-state index in [4.69, 9.17) is 14.5 Å². The van der Waals surface area contributed by atoms with Crippen LogP contribution in [0.15, 0.2) is 24.4 Å². The van der Waals surface area contributed by atoms with Crippen molar-refractivity contribution in [2.45, 2.75) is 71.0 Å². The van der Waals surface area contributed by atoms with Gasteiger partial charge in [-0.1, -0.05) is 6.42 Å². The summed E-state index contributed by atoms with van der Waals surface area (Å²) in [5.74, 6) is 0.